The first-order valence-electron chi connectivity index (χ1n) is 6.28. The molecule has 1 saturated heterocycles. The lowest BCUT2D eigenvalue weighted by Gasteiger charge is -2.42. The van der Waals surface area contributed by atoms with Gasteiger partial charge in [0.15, 0.2) is 0 Å². The zero-order valence-electron chi connectivity index (χ0n) is 11.0. The van der Waals surface area contributed by atoms with Crippen LogP contribution in [0.3, 0.4) is 0 Å². The highest BCUT2D eigenvalue weighted by atomic mass is 16.5. The largest absolute Gasteiger partial charge is 0.394 e. The van der Waals surface area contributed by atoms with Crippen LogP contribution in [0.1, 0.15) is 13.8 Å². The maximum atomic E-state index is 9.24. The molecule has 0 saturated carbocycles. The summed E-state index contributed by atoms with van der Waals surface area (Å²) >= 11 is 0. The van der Waals surface area contributed by atoms with Gasteiger partial charge in [0.25, 0.3) is 0 Å². The van der Waals surface area contributed by atoms with Crippen molar-refractivity contribution in [3.63, 3.8) is 0 Å². The Morgan fingerprint density at radius 2 is 2.33 bits per heavy atom. The van der Waals surface area contributed by atoms with Crippen molar-refractivity contribution in [1.82, 2.24) is 14.7 Å². The van der Waals surface area contributed by atoms with Gasteiger partial charge in [-0.3, -0.25) is 9.58 Å². The predicted octanol–water partition coefficient (Wildman–Crippen LogP) is -0.0630. The van der Waals surface area contributed by atoms with Crippen LogP contribution < -0.4 is 5.73 Å². The van der Waals surface area contributed by atoms with Gasteiger partial charge in [0, 0.05) is 25.8 Å². The third kappa shape index (κ3) is 3.44. The zero-order chi connectivity index (χ0) is 13.2. The minimum absolute atomic E-state index is 0.0641. The van der Waals surface area contributed by atoms with E-state index in [9.17, 15) is 5.11 Å². The topological polar surface area (TPSA) is 76.5 Å². The van der Waals surface area contributed by atoms with Gasteiger partial charge in [-0.2, -0.15) is 5.10 Å². The van der Waals surface area contributed by atoms with Crippen LogP contribution in [-0.4, -0.2) is 57.7 Å². The van der Waals surface area contributed by atoms with E-state index in [4.69, 9.17) is 10.5 Å². The molecule has 2 rings (SSSR count). The Kier molecular flexibility index (Phi) is 3.89. The SMILES string of the molecule is CC1(C)CN(CCn2ccc(N)n2)CC(CO)O1. The van der Waals surface area contributed by atoms with E-state index in [1.54, 1.807) is 6.07 Å². The van der Waals surface area contributed by atoms with Crippen LogP contribution in [0, 0.1) is 0 Å². The number of hydrogen-bond donors (Lipinski definition) is 2. The summed E-state index contributed by atoms with van der Waals surface area (Å²) in [4.78, 5) is 2.29. The second-order valence-electron chi connectivity index (χ2n) is 5.42. The smallest absolute Gasteiger partial charge is 0.145 e. The van der Waals surface area contributed by atoms with Gasteiger partial charge in [-0.1, -0.05) is 0 Å². The molecule has 6 nitrogen and oxygen atoms in total. The lowest BCUT2D eigenvalue weighted by atomic mass is 10.1. The van der Waals surface area contributed by atoms with E-state index in [1.165, 1.54) is 0 Å². The average Bonchev–Trinajstić information content (AvgIpc) is 2.70. The Labute approximate surface area is 107 Å². The van der Waals surface area contributed by atoms with E-state index in [-0.39, 0.29) is 18.3 Å². The maximum absolute atomic E-state index is 9.24. The van der Waals surface area contributed by atoms with Crippen molar-refractivity contribution in [1.29, 1.82) is 0 Å². The first kappa shape index (κ1) is 13.3. The van der Waals surface area contributed by atoms with Crippen LogP contribution in [0.25, 0.3) is 0 Å². The number of aliphatic hydroxyl groups excluding tert-OH is 1. The number of morpholine rings is 1. The first-order chi connectivity index (χ1) is 8.48. The van der Waals surface area contributed by atoms with Crippen molar-refractivity contribution in [2.24, 2.45) is 0 Å². The summed E-state index contributed by atoms with van der Waals surface area (Å²) in [7, 11) is 0. The number of aromatic nitrogens is 2. The van der Waals surface area contributed by atoms with Crippen molar-refractivity contribution >= 4 is 5.82 Å². The molecule has 0 bridgehead atoms. The zero-order valence-corrected chi connectivity index (χ0v) is 11.0. The molecule has 1 atom stereocenters. The van der Waals surface area contributed by atoms with Crippen LogP contribution in [0.15, 0.2) is 12.3 Å². The summed E-state index contributed by atoms with van der Waals surface area (Å²) in [5.41, 5.74) is 5.36. The van der Waals surface area contributed by atoms with Crippen LogP contribution >= 0.6 is 0 Å². The number of nitrogens with zero attached hydrogens (tertiary/aromatic N) is 3. The summed E-state index contributed by atoms with van der Waals surface area (Å²) in [6.45, 7) is 7.46. The summed E-state index contributed by atoms with van der Waals surface area (Å²) < 4.78 is 7.61. The number of aliphatic hydroxyl groups is 1. The van der Waals surface area contributed by atoms with E-state index < -0.39 is 0 Å². The van der Waals surface area contributed by atoms with Gasteiger partial charge in [0.05, 0.1) is 24.9 Å². The van der Waals surface area contributed by atoms with Gasteiger partial charge in [-0.15, -0.1) is 0 Å². The molecule has 1 aromatic rings. The third-order valence-electron chi connectivity index (χ3n) is 3.06. The monoisotopic (exact) mass is 254 g/mol. The normalized spacial score (nSPS) is 24.3. The quantitative estimate of drug-likeness (QED) is 0.787. The molecule has 0 radical (unpaired) electrons. The molecule has 2 heterocycles. The second kappa shape index (κ2) is 5.26. The number of nitrogen functional groups attached to an aromatic ring is 1. The number of ether oxygens (including phenoxy) is 1. The minimum Gasteiger partial charge on any atom is -0.394 e. The lowest BCUT2D eigenvalue weighted by Crippen LogP contribution is -2.54. The summed E-state index contributed by atoms with van der Waals surface area (Å²) in [6, 6.07) is 1.79. The van der Waals surface area contributed by atoms with Gasteiger partial charge >= 0.3 is 0 Å². The van der Waals surface area contributed by atoms with E-state index in [2.05, 4.69) is 10.00 Å². The fourth-order valence-corrected chi connectivity index (χ4v) is 2.43. The highest BCUT2D eigenvalue weighted by Gasteiger charge is 2.32. The Morgan fingerprint density at radius 1 is 1.56 bits per heavy atom. The number of nitrogens with two attached hydrogens (primary N) is 1. The van der Waals surface area contributed by atoms with Gasteiger partial charge in [0.1, 0.15) is 5.82 Å². The molecule has 3 N–H and O–H groups in total. The molecule has 1 unspecified atom stereocenters. The van der Waals surface area contributed by atoms with E-state index in [0.29, 0.717) is 5.82 Å². The second-order valence-corrected chi connectivity index (χ2v) is 5.42. The minimum atomic E-state index is -0.214. The average molecular weight is 254 g/mol. The molecule has 18 heavy (non-hydrogen) atoms. The van der Waals surface area contributed by atoms with E-state index >= 15 is 0 Å². The highest BCUT2D eigenvalue weighted by molar-refractivity contribution is 5.23. The molecule has 6 heteroatoms. The van der Waals surface area contributed by atoms with Crippen LogP contribution in [-0.2, 0) is 11.3 Å². The molecule has 0 amide bonds. The first-order valence-corrected chi connectivity index (χ1v) is 6.28. The van der Waals surface area contributed by atoms with Crippen molar-refractivity contribution in [3.8, 4) is 0 Å². The molecule has 0 aromatic carbocycles. The van der Waals surface area contributed by atoms with Crippen molar-refractivity contribution in [2.45, 2.75) is 32.1 Å². The van der Waals surface area contributed by atoms with Crippen LogP contribution in [0.2, 0.25) is 0 Å². The molecule has 102 valence electrons. The molecule has 1 aliphatic heterocycles. The Morgan fingerprint density at radius 3 is 2.94 bits per heavy atom. The molecule has 0 aliphatic carbocycles. The predicted molar refractivity (Wildman–Crippen MR) is 69.1 cm³/mol. The third-order valence-corrected chi connectivity index (χ3v) is 3.06. The van der Waals surface area contributed by atoms with Gasteiger partial charge in [-0.25, -0.2) is 0 Å². The summed E-state index contributed by atoms with van der Waals surface area (Å²) in [6.07, 6.45) is 1.78. The maximum Gasteiger partial charge on any atom is 0.145 e. The van der Waals surface area contributed by atoms with Crippen molar-refractivity contribution in [3.05, 3.63) is 12.3 Å². The van der Waals surface area contributed by atoms with E-state index in [0.717, 1.165) is 26.2 Å². The molecule has 1 aliphatic rings. The van der Waals surface area contributed by atoms with Crippen LogP contribution in [0.4, 0.5) is 5.82 Å². The molecule has 0 spiro atoms. The molecular weight excluding hydrogens is 232 g/mol. The highest BCUT2D eigenvalue weighted by Crippen LogP contribution is 2.20. The van der Waals surface area contributed by atoms with Gasteiger partial charge < -0.3 is 15.6 Å². The Hall–Kier alpha value is -1.11. The van der Waals surface area contributed by atoms with Crippen molar-refractivity contribution in [2.75, 3.05) is 32.0 Å². The summed E-state index contributed by atoms with van der Waals surface area (Å²) in [5.74, 6) is 0.547. The van der Waals surface area contributed by atoms with E-state index in [1.807, 2.05) is 24.7 Å². The number of hydrogen-bond acceptors (Lipinski definition) is 5. The summed E-state index contributed by atoms with van der Waals surface area (Å²) in [5, 5.41) is 13.4. The fourth-order valence-electron chi connectivity index (χ4n) is 2.43. The molecule has 1 fully saturated rings. The van der Waals surface area contributed by atoms with Gasteiger partial charge in [0.2, 0.25) is 0 Å². The van der Waals surface area contributed by atoms with Crippen LogP contribution in [0.5, 0.6) is 0 Å². The fraction of sp³-hybridized carbons (Fsp3) is 0.750. The van der Waals surface area contributed by atoms with Gasteiger partial charge in [-0.05, 0) is 19.9 Å². The Balaban J connectivity index is 1.88. The number of rotatable bonds is 4. The molecular formula is C12H22N4O2. The standard InChI is InChI=1S/C12H22N4O2/c1-12(2)9-15(7-10(8-17)18-12)5-6-16-4-3-11(13)14-16/h3-4,10,17H,5-9H2,1-2H3,(H2,13,14). The van der Waals surface area contributed by atoms with Crippen molar-refractivity contribution < 1.29 is 9.84 Å². The molecule has 1 aromatic heterocycles. The Bertz CT molecular complexity index is 391. The number of anilines is 1. The lowest BCUT2D eigenvalue weighted by molar-refractivity contribution is -0.149.